The van der Waals surface area contributed by atoms with E-state index in [0.29, 0.717) is 12.1 Å². The Hall–Kier alpha value is -0.870. The predicted molar refractivity (Wildman–Crippen MR) is 55.5 cm³/mol. The summed E-state index contributed by atoms with van der Waals surface area (Å²) < 4.78 is 10.4. The summed E-state index contributed by atoms with van der Waals surface area (Å²) in [5, 5.41) is 3.31. The average Bonchev–Trinajstić information content (AvgIpc) is 3.03. The molecule has 1 saturated heterocycles. The van der Waals surface area contributed by atoms with Gasteiger partial charge in [0, 0.05) is 18.2 Å². The van der Waals surface area contributed by atoms with Crippen molar-refractivity contribution < 1.29 is 14.3 Å². The van der Waals surface area contributed by atoms with E-state index in [1.54, 1.807) is 0 Å². The van der Waals surface area contributed by atoms with E-state index in [1.807, 2.05) is 6.08 Å². The second-order valence-electron chi connectivity index (χ2n) is 4.02. The van der Waals surface area contributed by atoms with Crippen LogP contribution in [0.25, 0.3) is 0 Å². The molecule has 0 aromatic rings. The minimum absolute atomic E-state index is 0.0396. The van der Waals surface area contributed by atoms with Crippen LogP contribution in [0.1, 0.15) is 19.8 Å². The molecule has 1 fully saturated rings. The van der Waals surface area contributed by atoms with Crippen LogP contribution < -0.4 is 5.32 Å². The lowest BCUT2D eigenvalue weighted by molar-refractivity contribution is -0.136. The molecule has 0 unspecified atom stereocenters. The van der Waals surface area contributed by atoms with Crippen molar-refractivity contribution in [2.24, 2.45) is 0 Å². The van der Waals surface area contributed by atoms with Gasteiger partial charge in [-0.1, -0.05) is 6.92 Å². The van der Waals surface area contributed by atoms with Gasteiger partial charge >= 0.3 is 5.97 Å². The predicted octanol–water partition coefficient (Wildman–Crippen LogP) is 0.625. The Balaban J connectivity index is 2.00. The molecule has 0 saturated carbocycles. The SMILES string of the molecule is CCCO[C@@H]1C=C(C(=O)OC)C[C@H]2N[C@H]21. The highest BCUT2D eigenvalue weighted by atomic mass is 16.5. The van der Waals surface area contributed by atoms with Crippen LogP contribution in [-0.2, 0) is 14.3 Å². The number of rotatable bonds is 4. The third-order valence-electron chi connectivity index (χ3n) is 2.85. The molecule has 1 N–H and O–H groups in total. The van der Waals surface area contributed by atoms with Gasteiger partial charge in [-0.25, -0.2) is 4.79 Å². The molecule has 2 rings (SSSR count). The topological polar surface area (TPSA) is 57.5 Å². The average molecular weight is 211 g/mol. The number of nitrogens with one attached hydrogen (secondary N) is 1. The summed E-state index contributed by atoms with van der Waals surface area (Å²) in [4.78, 5) is 11.4. The quantitative estimate of drug-likeness (QED) is 0.547. The van der Waals surface area contributed by atoms with Crippen molar-refractivity contribution in [2.75, 3.05) is 13.7 Å². The van der Waals surface area contributed by atoms with Gasteiger partial charge in [0.15, 0.2) is 0 Å². The van der Waals surface area contributed by atoms with Crippen LogP contribution in [0.4, 0.5) is 0 Å². The van der Waals surface area contributed by atoms with E-state index in [9.17, 15) is 4.79 Å². The molecular formula is C11H17NO3. The van der Waals surface area contributed by atoms with E-state index in [1.165, 1.54) is 7.11 Å². The van der Waals surface area contributed by atoms with Crippen LogP contribution in [0, 0.1) is 0 Å². The standard InChI is InChI=1S/C11H17NO3/c1-3-4-15-9-6-7(11(13)14-2)5-8-10(9)12-8/h6,8-10,12H,3-5H2,1-2H3/t8-,9-,10-/m1/s1. The normalized spacial score (nSPS) is 32.9. The fourth-order valence-electron chi connectivity index (χ4n) is 2.00. The third kappa shape index (κ3) is 2.21. The van der Waals surface area contributed by atoms with Crippen molar-refractivity contribution in [3.8, 4) is 0 Å². The molecule has 0 spiro atoms. The summed E-state index contributed by atoms with van der Waals surface area (Å²) in [7, 11) is 1.41. The van der Waals surface area contributed by atoms with Crippen LogP contribution in [0.5, 0.6) is 0 Å². The number of carbonyl (C=O) groups excluding carboxylic acids is 1. The van der Waals surface area contributed by atoms with E-state index in [4.69, 9.17) is 9.47 Å². The van der Waals surface area contributed by atoms with Gasteiger partial charge in [-0.2, -0.15) is 0 Å². The highest BCUT2D eigenvalue weighted by molar-refractivity contribution is 5.89. The smallest absolute Gasteiger partial charge is 0.333 e. The first-order chi connectivity index (χ1) is 7.26. The minimum Gasteiger partial charge on any atom is -0.466 e. The number of esters is 1. The van der Waals surface area contributed by atoms with Gasteiger partial charge in [-0.05, 0) is 18.9 Å². The van der Waals surface area contributed by atoms with Gasteiger partial charge in [0.25, 0.3) is 0 Å². The summed E-state index contributed by atoms with van der Waals surface area (Å²) in [5.41, 5.74) is 0.741. The third-order valence-corrected chi connectivity index (χ3v) is 2.85. The molecule has 15 heavy (non-hydrogen) atoms. The van der Waals surface area contributed by atoms with E-state index in [2.05, 4.69) is 12.2 Å². The number of hydrogen-bond acceptors (Lipinski definition) is 4. The molecular weight excluding hydrogens is 194 g/mol. The zero-order chi connectivity index (χ0) is 10.8. The maximum absolute atomic E-state index is 11.4. The van der Waals surface area contributed by atoms with Crippen molar-refractivity contribution >= 4 is 5.97 Å². The Labute approximate surface area is 89.6 Å². The Morgan fingerprint density at radius 2 is 2.47 bits per heavy atom. The van der Waals surface area contributed by atoms with Crippen LogP contribution in [-0.4, -0.2) is 37.9 Å². The fourth-order valence-corrected chi connectivity index (χ4v) is 2.00. The maximum atomic E-state index is 11.4. The van der Waals surface area contributed by atoms with Crippen molar-refractivity contribution in [3.63, 3.8) is 0 Å². The molecule has 3 atom stereocenters. The summed E-state index contributed by atoms with van der Waals surface area (Å²) in [6.07, 6.45) is 3.71. The lowest BCUT2D eigenvalue weighted by Crippen LogP contribution is -2.26. The maximum Gasteiger partial charge on any atom is 0.333 e. The van der Waals surface area contributed by atoms with E-state index < -0.39 is 0 Å². The zero-order valence-corrected chi connectivity index (χ0v) is 9.16. The van der Waals surface area contributed by atoms with Crippen molar-refractivity contribution in [1.29, 1.82) is 0 Å². The molecule has 0 aromatic carbocycles. The Kier molecular flexibility index (Phi) is 3.07. The van der Waals surface area contributed by atoms with Crippen LogP contribution in [0.2, 0.25) is 0 Å². The number of fused-ring (bicyclic) bond motifs is 1. The Morgan fingerprint density at radius 3 is 3.13 bits per heavy atom. The molecule has 1 aliphatic carbocycles. The summed E-state index contributed by atoms with van der Waals surface area (Å²) >= 11 is 0. The number of hydrogen-bond donors (Lipinski definition) is 1. The van der Waals surface area contributed by atoms with Gasteiger partial charge in [-0.3, -0.25) is 0 Å². The van der Waals surface area contributed by atoms with E-state index in [-0.39, 0.29) is 12.1 Å². The first kappa shape index (κ1) is 10.6. The number of ether oxygens (including phenoxy) is 2. The first-order valence-electron chi connectivity index (χ1n) is 5.43. The van der Waals surface area contributed by atoms with Crippen molar-refractivity contribution in [3.05, 3.63) is 11.6 Å². The minimum atomic E-state index is -0.229. The van der Waals surface area contributed by atoms with Gasteiger partial charge in [0.2, 0.25) is 0 Å². The van der Waals surface area contributed by atoms with E-state index >= 15 is 0 Å². The van der Waals surface area contributed by atoms with Gasteiger partial charge < -0.3 is 14.8 Å². The largest absolute Gasteiger partial charge is 0.466 e. The number of methoxy groups -OCH3 is 1. The van der Waals surface area contributed by atoms with Crippen LogP contribution >= 0.6 is 0 Å². The monoisotopic (exact) mass is 211 g/mol. The molecule has 84 valence electrons. The second kappa shape index (κ2) is 4.33. The fraction of sp³-hybridized carbons (Fsp3) is 0.727. The van der Waals surface area contributed by atoms with Crippen LogP contribution in [0.15, 0.2) is 11.6 Å². The molecule has 0 bridgehead atoms. The van der Waals surface area contributed by atoms with Crippen molar-refractivity contribution in [1.82, 2.24) is 5.32 Å². The number of carbonyl (C=O) groups is 1. The molecule has 4 nitrogen and oxygen atoms in total. The molecule has 1 aliphatic heterocycles. The van der Waals surface area contributed by atoms with Crippen LogP contribution in [0.3, 0.4) is 0 Å². The van der Waals surface area contributed by atoms with Gasteiger partial charge in [0.05, 0.1) is 19.3 Å². The highest BCUT2D eigenvalue weighted by Crippen LogP contribution is 2.31. The summed E-state index contributed by atoms with van der Waals surface area (Å²) in [6.45, 7) is 2.81. The summed E-state index contributed by atoms with van der Waals surface area (Å²) in [5.74, 6) is -0.229. The lowest BCUT2D eigenvalue weighted by atomic mass is 9.97. The highest BCUT2D eigenvalue weighted by Gasteiger charge is 2.46. The molecule has 1 heterocycles. The van der Waals surface area contributed by atoms with Gasteiger partial charge in [-0.15, -0.1) is 0 Å². The molecule has 4 heteroatoms. The zero-order valence-electron chi connectivity index (χ0n) is 9.16. The molecule has 0 amide bonds. The van der Waals surface area contributed by atoms with E-state index in [0.717, 1.165) is 25.0 Å². The Morgan fingerprint density at radius 1 is 1.67 bits per heavy atom. The molecule has 0 aromatic heterocycles. The first-order valence-corrected chi connectivity index (χ1v) is 5.43. The van der Waals surface area contributed by atoms with Crippen molar-refractivity contribution in [2.45, 2.75) is 38.0 Å². The summed E-state index contributed by atoms with van der Waals surface area (Å²) in [6, 6.07) is 0.816. The lowest BCUT2D eigenvalue weighted by Gasteiger charge is -2.18. The van der Waals surface area contributed by atoms with Gasteiger partial charge in [0.1, 0.15) is 0 Å². The molecule has 2 aliphatic rings. The Bertz CT molecular complexity index is 288. The second-order valence-corrected chi connectivity index (χ2v) is 4.02. The molecule has 0 radical (unpaired) electrons.